The van der Waals surface area contributed by atoms with E-state index >= 15 is 0 Å². The molecule has 0 aliphatic carbocycles. The monoisotopic (exact) mass is 347 g/mol. The van der Waals surface area contributed by atoms with Gasteiger partial charge in [-0.3, -0.25) is 9.97 Å². The average Bonchev–Trinajstić information content (AvgIpc) is 3.18. The van der Waals surface area contributed by atoms with Crippen LogP contribution in [0.3, 0.4) is 0 Å². The van der Waals surface area contributed by atoms with Crippen LogP contribution in [0.15, 0.2) is 83.7 Å². The lowest BCUT2D eigenvalue weighted by Gasteiger charge is -2.01. The summed E-state index contributed by atoms with van der Waals surface area (Å²) >= 11 is 0. The van der Waals surface area contributed by atoms with E-state index in [2.05, 4.69) is 26.8 Å². The third kappa shape index (κ3) is 2.82. The summed E-state index contributed by atoms with van der Waals surface area (Å²) in [6, 6.07) is 19.4. The van der Waals surface area contributed by atoms with Crippen molar-refractivity contribution < 1.29 is 4.42 Å². The zero-order chi connectivity index (χ0) is 18.1. The highest BCUT2D eigenvalue weighted by molar-refractivity contribution is 6.05. The molecule has 0 amide bonds. The van der Waals surface area contributed by atoms with E-state index in [4.69, 9.17) is 4.42 Å². The molecule has 0 bridgehead atoms. The first kappa shape index (κ1) is 15.3. The molecule has 5 aromatic rings. The normalized spacial score (nSPS) is 10.7. The molecule has 4 heteroatoms. The molecule has 126 valence electrons. The molecule has 0 radical (unpaired) electrons. The van der Waals surface area contributed by atoms with Crippen molar-refractivity contribution in [3.63, 3.8) is 0 Å². The van der Waals surface area contributed by atoms with Gasteiger partial charge in [-0.05, 0) is 54.5 Å². The minimum Gasteiger partial charge on any atom is -0.452 e. The summed E-state index contributed by atoms with van der Waals surface area (Å²) < 4.78 is 6.10. The van der Waals surface area contributed by atoms with E-state index in [0.717, 1.165) is 38.8 Å². The minimum absolute atomic E-state index is 0.715. The van der Waals surface area contributed by atoms with Crippen molar-refractivity contribution >= 4 is 21.9 Å². The Bertz CT molecular complexity index is 1310. The van der Waals surface area contributed by atoms with Gasteiger partial charge in [-0.25, -0.2) is 4.98 Å². The summed E-state index contributed by atoms with van der Waals surface area (Å²) in [6.45, 7) is 0. The summed E-state index contributed by atoms with van der Waals surface area (Å²) in [5.74, 6) is 7.07. The summed E-state index contributed by atoms with van der Waals surface area (Å²) in [6.07, 6.45) is 5.26. The van der Waals surface area contributed by atoms with E-state index in [1.807, 2.05) is 60.7 Å². The molecule has 4 heterocycles. The van der Waals surface area contributed by atoms with Crippen LogP contribution in [0.1, 0.15) is 11.3 Å². The van der Waals surface area contributed by atoms with Crippen LogP contribution in [-0.2, 0) is 0 Å². The van der Waals surface area contributed by atoms with E-state index in [1.165, 1.54) is 0 Å². The Balaban J connectivity index is 1.73. The Morgan fingerprint density at radius 2 is 1.59 bits per heavy atom. The Hall–Kier alpha value is -3.97. The van der Waals surface area contributed by atoms with Crippen molar-refractivity contribution in [3.05, 3.63) is 90.5 Å². The molecule has 5 rings (SSSR count). The molecule has 0 spiro atoms. The van der Waals surface area contributed by atoms with E-state index in [9.17, 15) is 0 Å². The first-order chi connectivity index (χ1) is 13.4. The SMILES string of the molecule is C(#Cc1cc2cc(-c3ccccn3)oc2c2ncccc12)c1ccccn1. The van der Waals surface area contributed by atoms with Crippen LogP contribution in [-0.4, -0.2) is 15.0 Å². The van der Waals surface area contributed by atoms with Crippen LogP contribution in [0.25, 0.3) is 33.3 Å². The van der Waals surface area contributed by atoms with Crippen LogP contribution in [0, 0.1) is 11.8 Å². The van der Waals surface area contributed by atoms with Crippen molar-refractivity contribution in [1.29, 1.82) is 0 Å². The van der Waals surface area contributed by atoms with E-state index in [1.54, 1.807) is 18.6 Å². The Morgan fingerprint density at radius 1 is 0.741 bits per heavy atom. The third-order valence-corrected chi connectivity index (χ3v) is 4.28. The van der Waals surface area contributed by atoms with E-state index in [-0.39, 0.29) is 0 Å². The van der Waals surface area contributed by atoms with Gasteiger partial charge in [0, 0.05) is 34.9 Å². The van der Waals surface area contributed by atoms with Crippen molar-refractivity contribution in [1.82, 2.24) is 15.0 Å². The maximum absolute atomic E-state index is 6.10. The molecule has 0 unspecified atom stereocenters. The molecule has 0 saturated heterocycles. The summed E-state index contributed by atoms with van der Waals surface area (Å²) in [5.41, 5.74) is 3.96. The highest BCUT2D eigenvalue weighted by Crippen LogP contribution is 2.32. The van der Waals surface area contributed by atoms with Gasteiger partial charge in [0.25, 0.3) is 0 Å². The Labute approximate surface area is 155 Å². The molecule has 1 aromatic carbocycles. The molecular weight excluding hydrogens is 334 g/mol. The van der Waals surface area contributed by atoms with Crippen LogP contribution < -0.4 is 0 Å². The number of hydrogen-bond acceptors (Lipinski definition) is 4. The summed E-state index contributed by atoms with van der Waals surface area (Å²) in [5, 5.41) is 1.91. The predicted molar refractivity (Wildman–Crippen MR) is 105 cm³/mol. The third-order valence-electron chi connectivity index (χ3n) is 4.28. The standard InChI is InChI=1S/C23H13N3O/c1-3-11-24-18(6-1)10-9-16-14-17-15-21(20-8-2-4-12-25-20)27-23(17)22-19(16)7-5-13-26-22/h1-8,11-15H. The zero-order valence-electron chi connectivity index (χ0n) is 14.3. The number of fused-ring (bicyclic) bond motifs is 3. The molecule has 4 aromatic heterocycles. The molecule has 0 aliphatic heterocycles. The zero-order valence-corrected chi connectivity index (χ0v) is 14.3. The molecule has 0 fully saturated rings. The fourth-order valence-electron chi connectivity index (χ4n) is 3.04. The van der Waals surface area contributed by atoms with Crippen molar-refractivity contribution in [2.75, 3.05) is 0 Å². The molecular formula is C23H13N3O. The molecule has 27 heavy (non-hydrogen) atoms. The van der Waals surface area contributed by atoms with Gasteiger partial charge in [-0.2, -0.15) is 0 Å². The second kappa shape index (κ2) is 6.40. The van der Waals surface area contributed by atoms with Gasteiger partial charge >= 0.3 is 0 Å². The maximum Gasteiger partial charge on any atom is 0.161 e. The second-order valence-electron chi connectivity index (χ2n) is 6.03. The number of benzene rings is 1. The number of furan rings is 1. The van der Waals surface area contributed by atoms with Gasteiger partial charge in [-0.15, -0.1) is 0 Å². The van der Waals surface area contributed by atoms with Crippen LogP contribution in [0.5, 0.6) is 0 Å². The Kier molecular flexibility index (Phi) is 3.62. The van der Waals surface area contributed by atoms with E-state index < -0.39 is 0 Å². The topological polar surface area (TPSA) is 51.8 Å². The van der Waals surface area contributed by atoms with Gasteiger partial charge < -0.3 is 4.42 Å². The minimum atomic E-state index is 0.715. The lowest BCUT2D eigenvalue weighted by molar-refractivity contribution is 0.631. The molecule has 0 aliphatic rings. The number of hydrogen-bond donors (Lipinski definition) is 0. The first-order valence-electron chi connectivity index (χ1n) is 8.54. The number of nitrogens with zero attached hydrogens (tertiary/aromatic N) is 3. The predicted octanol–water partition coefficient (Wildman–Crippen LogP) is 4.84. The van der Waals surface area contributed by atoms with Gasteiger partial charge in [0.15, 0.2) is 11.3 Å². The van der Waals surface area contributed by atoms with E-state index in [0.29, 0.717) is 5.76 Å². The highest BCUT2D eigenvalue weighted by atomic mass is 16.3. The highest BCUT2D eigenvalue weighted by Gasteiger charge is 2.13. The molecule has 0 saturated carbocycles. The van der Waals surface area contributed by atoms with Crippen molar-refractivity contribution in [2.45, 2.75) is 0 Å². The van der Waals surface area contributed by atoms with Crippen molar-refractivity contribution in [2.24, 2.45) is 0 Å². The number of rotatable bonds is 1. The smallest absolute Gasteiger partial charge is 0.161 e. The number of aromatic nitrogens is 3. The van der Waals surface area contributed by atoms with Crippen LogP contribution in [0.4, 0.5) is 0 Å². The van der Waals surface area contributed by atoms with Crippen LogP contribution in [0.2, 0.25) is 0 Å². The molecule has 0 atom stereocenters. The largest absolute Gasteiger partial charge is 0.452 e. The lowest BCUT2D eigenvalue weighted by Crippen LogP contribution is -1.85. The van der Waals surface area contributed by atoms with Crippen LogP contribution >= 0.6 is 0 Å². The van der Waals surface area contributed by atoms with Gasteiger partial charge in [-0.1, -0.05) is 18.1 Å². The first-order valence-corrected chi connectivity index (χ1v) is 8.54. The fourth-order valence-corrected chi connectivity index (χ4v) is 3.04. The quantitative estimate of drug-likeness (QED) is 0.407. The molecule has 0 N–H and O–H groups in total. The second-order valence-corrected chi connectivity index (χ2v) is 6.03. The fraction of sp³-hybridized carbons (Fsp3) is 0. The van der Waals surface area contributed by atoms with Gasteiger partial charge in [0.05, 0.1) is 0 Å². The number of pyridine rings is 3. The average molecular weight is 347 g/mol. The summed E-state index contributed by atoms with van der Waals surface area (Å²) in [7, 11) is 0. The molecule has 4 nitrogen and oxygen atoms in total. The Morgan fingerprint density at radius 3 is 2.41 bits per heavy atom. The van der Waals surface area contributed by atoms with Gasteiger partial charge in [0.2, 0.25) is 0 Å². The van der Waals surface area contributed by atoms with Gasteiger partial charge in [0.1, 0.15) is 16.9 Å². The maximum atomic E-state index is 6.10. The lowest BCUT2D eigenvalue weighted by atomic mass is 10.1. The summed E-state index contributed by atoms with van der Waals surface area (Å²) in [4.78, 5) is 13.2. The van der Waals surface area contributed by atoms with Crippen molar-refractivity contribution in [3.8, 4) is 23.3 Å².